The molecule has 0 amide bonds. The molecule has 0 bridgehead atoms. The van der Waals surface area contributed by atoms with Crippen LogP contribution in [0.25, 0.3) is 11.4 Å². The molecule has 1 saturated heterocycles. The van der Waals surface area contributed by atoms with Gasteiger partial charge in [0.1, 0.15) is 5.82 Å². The van der Waals surface area contributed by atoms with Gasteiger partial charge in [0.2, 0.25) is 5.13 Å². The molecule has 7 heteroatoms. The zero-order valence-corrected chi connectivity index (χ0v) is 17.2. The van der Waals surface area contributed by atoms with E-state index in [0.29, 0.717) is 0 Å². The highest BCUT2D eigenvalue weighted by atomic mass is 32.1. The Bertz CT molecular complexity index is 900. The summed E-state index contributed by atoms with van der Waals surface area (Å²) in [6, 6.07) is 12.4. The Morgan fingerprint density at radius 1 is 0.963 bits per heavy atom. The van der Waals surface area contributed by atoms with Gasteiger partial charge in [0.25, 0.3) is 0 Å². The zero-order chi connectivity index (χ0) is 19.0. The minimum absolute atomic E-state index is 0.0677. The van der Waals surface area contributed by atoms with Crippen LogP contribution in [0, 0.1) is 0 Å². The summed E-state index contributed by atoms with van der Waals surface area (Å²) in [5, 5.41) is 5.72. The molecule has 1 aromatic carbocycles. The minimum atomic E-state index is 0.0677. The molecule has 6 nitrogen and oxygen atoms in total. The average Bonchev–Trinajstić information content (AvgIpc) is 3.29. The number of nitrogens with zero attached hydrogens (tertiary/aromatic N) is 6. The van der Waals surface area contributed by atoms with Crippen molar-refractivity contribution in [1.82, 2.24) is 19.1 Å². The highest BCUT2D eigenvalue weighted by Crippen LogP contribution is 2.28. The summed E-state index contributed by atoms with van der Waals surface area (Å²) >= 11 is 1.49. The Balaban J connectivity index is 1.44. The van der Waals surface area contributed by atoms with Gasteiger partial charge in [0.05, 0.1) is 5.69 Å². The van der Waals surface area contributed by atoms with E-state index in [1.54, 1.807) is 0 Å². The first-order chi connectivity index (χ1) is 12.9. The second-order valence-electron chi connectivity index (χ2n) is 8.00. The third-order valence-electron chi connectivity index (χ3n) is 4.95. The van der Waals surface area contributed by atoms with E-state index in [4.69, 9.17) is 10.1 Å². The molecule has 1 aliphatic heterocycles. The fourth-order valence-electron chi connectivity index (χ4n) is 3.30. The van der Waals surface area contributed by atoms with E-state index in [0.717, 1.165) is 48.4 Å². The molecule has 2 aromatic heterocycles. The summed E-state index contributed by atoms with van der Waals surface area (Å²) in [5.74, 6) is 2.02. The Kier molecular flexibility index (Phi) is 4.63. The van der Waals surface area contributed by atoms with Crippen LogP contribution in [0.4, 0.5) is 10.9 Å². The molecule has 3 heterocycles. The van der Waals surface area contributed by atoms with Crippen molar-refractivity contribution < 1.29 is 0 Å². The molecule has 0 spiro atoms. The van der Waals surface area contributed by atoms with Gasteiger partial charge in [-0.2, -0.15) is 14.5 Å². The molecule has 1 fully saturated rings. The Morgan fingerprint density at radius 3 is 2.26 bits per heavy atom. The molecule has 4 rings (SSSR count). The lowest BCUT2D eigenvalue weighted by Crippen LogP contribution is -2.47. The molecular formula is C20H26N6S. The highest BCUT2D eigenvalue weighted by molar-refractivity contribution is 7.09. The number of anilines is 2. The topological polar surface area (TPSA) is 50.1 Å². The molecule has 0 N–H and O–H groups in total. The molecular weight excluding hydrogens is 356 g/mol. The molecule has 3 aromatic rings. The summed E-state index contributed by atoms with van der Waals surface area (Å²) in [4.78, 5) is 9.50. The average molecular weight is 383 g/mol. The Labute approximate surface area is 164 Å². The van der Waals surface area contributed by atoms with Crippen LogP contribution in [0.3, 0.4) is 0 Å². The van der Waals surface area contributed by atoms with Gasteiger partial charge in [0, 0.05) is 61.8 Å². The van der Waals surface area contributed by atoms with Crippen molar-refractivity contribution in [3.8, 4) is 11.4 Å². The lowest BCUT2D eigenvalue weighted by Gasteiger charge is -2.35. The number of benzene rings is 1. The van der Waals surface area contributed by atoms with E-state index >= 15 is 0 Å². The Morgan fingerprint density at radius 2 is 1.63 bits per heavy atom. The first kappa shape index (κ1) is 18.0. The molecule has 0 unspecified atom stereocenters. The van der Waals surface area contributed by atoms with Gasteiger partial charge in [-0.3, -0.25) is 4.68 Å². The van der Waals surface area contributed by atoms with Gasteiger partial charge in [-0.1, -0.05) is 51.1 Å². The van der Waals surface area contributed by atoms with Gasteiger partial charge in [-0.25, -0.2) is 0 Å². The summed E-state index contributed by atoms with van der Waals surface area (Å²) < 4.78 is 6.55. The van der Waals surface area contributed by atoms with Crippen LogP contribution in [-0.4, -0.2) is 45.3 Å². The largest absolute Gasteiger partial charge is 0.353 e. The van der Waals surface area contributed by atoms with E-state index < -0.39 is 0 Å². The number of piperazine rings is 1. The van der Waals surface area contributed by atoms with Gasteiger partial charge in [-0.15, -0.1) is 0 Å². The number of aromatic nitrogens is 4. The molecule has 142 valence electrons. The van der Waals surface area contributed by atoms with Crippen LogP contribution in [0.2, 0.25) is 0 Å². The van der Waals surface area contributed by atoms with Crippen LogP contribution in [0.5, 0.6) is 0 Å². The van der Waals surface area contributed by atoms with E-state index in [1.807, 2.05) is 29.9 Å². The smallest absolute Gasteiger partial charge is 0.205 e. The first-order valence-corrected chi connectivity index (χ1v) is 10.1. The normalized spacial score (nSPS) is 15.4. The molecule has 1 aliphatic rings. The van der Waals surface area contributed by atoms with Crippen LogP contribution >= 0.6 is 11.5 Å². The summed E-state index contributed by atoms with van der Waals surface area (Å²) in [5.41, 5.74) is 2.28. The molecule has 27 heavy (non-hydrogen) atoms. The highest BCUT2D eigenvalue weighted by Gasteiger charge is 2.25. The van der Waals surface area contributed by atoms with Gasteiger partial charge in [-0.05, 0) is 0 Å². The molecule has 0 aliphatic carbocycles. The SMILES string of the molecule is Cn1nc(C(C)(C)C)cc1N1CCN(c2nc(-c3ccccc3)ns2)CC1. The first-order valence-electron chi connectivity index (χ1n) is 9.35. The fourth-order valence-corrected chi connectivity index (χ4v) is 4.03. The van der Waals surface area contributed by atoms with Crippen LogP contribution in [0.15, 0.2) is 36.4 Å². The van der Waals surface area contributed by atoms with E-state index in [2.05, 4.69) is 53.1 Å². The number of hydrogen-bond acceptors (Lipinski definition) is 6. The van der Waals surface area contributed by atoms with Crippen LogP contribution in [-0.2, 0) is 12.5 Å². The minimum Gasteiger partial charge on any atom is -0.353 e. The predicted octanol–water partition coefficient (Wildman–Crippen LogP) is 3.56. The quantitative estimate of drug-likeness (QED) is 0.693. The van der Waals surface area contributed by atoms with Crippen molar-refractivity contribution in [3.63, 3.8) is 0 Å². The lowest BCUT2D eigenvalue weighted by atomic mass is 9.92. The zero-order valence-electron chi connectivity index (χ0n) is 16.4. The maximum atomic E-state index is 4.75. The second-order valence-corrected chi connectivity index (χ2v) is 8.73. The second kappa shape index (κ2) is 6.96. The van der Waals surface area contributed by atoms with Crippen molar-refractivity contribution in [2.24, 2.45) is 7.05 Å². The van der Waals surface area contributed by atoms with Gasteiger partial charge in [0.15, 0.2) is 5.82 Å². The summed E-state index contributed by atoms with van der Waals surface area (Å²) in [6.07, 6.45) is 0. The third kappa shape index (κ3) is 3.69. The van der Waals surface area contributed by atoms with Gasteiger partial charge < -0.3 is 9.80 Å². The number of hydrogen-bond donors (Lipinski definition) is 0. The van der Waals surface area contributed by atoms with E-state index in [1.165, 1.54) is 17.4 Å². The Hall–Kier alpha value is -2.41. The molecule has 0 atom stereocenters. The standard InChI is InChI=1S/C20H26N6S/c1-20(2,3)16-14-17(24(4)22-16)25-10-12-26(13-11-25)19-21-18(23-27-19)15-8-6-5-7-9-15/h5-9,14H,10-13H2,1-4H3. The summed E-state index contributed by atoms with van der Waals surface area (Å²) in [6.45, 7) is 10.4. The summed E-state index contributed by atoms with van der Waals surface area (Å²) in [7, 11) is 2.04. The van der Waals surface area contributed by atoms with Crippen molar-refractivity contribution >= 4 is 22.5 Å². The number of aryl methyl sites for hydroxylation is 1. The van der Waals surface area contributed by atoms with Crippen molar-refractivity contribution in [3.05, 3.63) is 42.1 Å². The van der Waals surface area contributed by atoms with Crippen LogP contribution < -0.4 is 9.80 Å². The maximum Gasteiger partial charge on any atom is 0.205 e. The van der Waals surface area contributed by atoms with Crippen LogP contribution in [0.1, 0.15) is 26.5 Å². The van der Waals surface area contributed by atoms with E-state index in [9.17, 15) is 0 Å². The molecule has 0 saturated carbocycles. The van der Waals surface area contributed by atoms with Crippen molar-refractivity contribution in [2.75, 3.05) is 36.0 Å². The predicted molar refractivity (Wildman–Crippen MR) is 112 cm³/mol. The van der Waals surface area contributed by atoms with Crippen molar-refractivity contribution in [2.45, 2.75) is 26.2 Å². The number of rotatable bonds is 3. The van der Waals surface area contributed by atoms with Crippen molar-refractivity contribution in [1.29, 1.82) is 0 Å². The maximum absolute atomic E-state index is 4.75. The monoisotopic (exact) mass is 382 g/mol. The van der Waals surface area contributed by atoms with Gasteiger partial charge >= 0.3 is 0 Å². The lowest BCUT2D eigenvalue weighted by molar-refractivity contribution is 0.551. The third-order valence-corrected chi connectivity index (χ3v) is 5.72. The van der Waals surface area contributed by atoms with E-state index in [-0.39, 0.29) is 5.41 Å². The fraction of sp³-hybridized carbons (Fsp3) is 0.450. The molecule has 0 radical (unpaired) electrons.